The molecule has 1 heterocycles. The maximum atomic E-state index is 12.2. The molecule has 0 spiro atoms. The molecule has 0 radical (unpaired) electrons. The van der Waals surface area contributed by atoms with E-state index in [0.29, 0.717) is 12.3 Å². The van der Waals surface area contributed by atoms with Gasteiger partial charge in [-0.25, -0.2) is 0 Å². The van der Waals surface area contributed by atoms with Gasteiger partial charge >= 0.3 is 5.97 Å². The molecule has 3 atom stereocenters. The third kappa shape index (κ3) is 4.78. The van der Waals surface area contributed by atoms with Gasteiger partial charge in [0, 0.05) is 17.8 Å². The van der Waals surface area contributed by atoms with E-state index in [2.05, 4.69) is 18.6 Å². The summed E-state index contributed by atoms with van der Waals surface area (Å²) in [7, 11) is 0. The predicted octanol–water partition coefficient (Wildman–Crippen LogP) is 2.16. The monoisotopic (exact) mass is 275 g/mol. The molecule has 0 aromatic rings. The lowest BCUT2D eigenvalue weighted by Crippen LogP contribution is -2.49. The quantitative estimate of drug-likeness (QED) is 0.617. The van der Waals surface area contributed by atoms with E-state index in [1.54, 1.807) is 0 Å². The average molecular weight is 275 g/mol. The third-order valence-electron chi connectivity index (χ3n) is 2.90. The number of ether oxygens (including phenoxy) is 1. The highest BCUT2D eigenvalue weighted by molar-refractivity contribution is 7.90. The van der Waals surface area contributed by atoms with Crippen molar-refractivity contribution in [3.05, 3.63) is 0 Å². The Morgan fingerprint density at radius 1 is 1.50 bits per heavy atom. The first-order valence-corrected chi connectivity index (χ1v) is 7.72. The molecular formula is C13H25NO3S. The minimum atomic E-state index is -1.13. The van der Waals surface area contributed by atoms with Gasteiger partial charge in [0.1, 0.15) is 10.9 Å². The highest BCUT2D eigenvalue weighted by atomic mass is 32.2. The summed E-state index contributed by atoms with van der Waals surface area (Å²) in [6.07, 6.45) is 1.93. The molecule has 1 fully saturated rings. The Balaban J connectivity index is 2.64. The first kappa shape index (κ1) is 15.8. The number of rotatable bonds is 5. The van der Waals surface area contributed by atoms with Crippen molar-refractivity contribution >= 4 is 17.3 Å². The van der Waals surface area contributed by atoms with E-state index in [-0.39, 0.29) is 22.9 Å². The average Bonchev–Trinajstić information content (AvgIpc) is 2.61. The molecule has 1 aliphatic rings. The van der Waals surface area contributed by atoms with Gasteiger partial charge < -0.3 is 9.29 Å². The highest BCUT2D eigenvalue weighted by Crippen LogP contribution is 2.24. The van der Waals surface area contributed by atoms with Crippen molar-refractivity contribution in [1.82, 2.24) is 4.72 Å². The second-order valence-corrected chi connectivity index (χ2v) is 8.30. The Kier molecular flexibility index (Phi) is 5.49. The van der Waals surface area contributed by atoms with Crippen LogP contribution in [0.3, 0.4) is 0 Å². The third-order valence-corrected chi connectivity index (χ3v) is 4.53. The largest absolute Gasteiger partial charge is 0.598 e. The summed E-state index contributed by atoms with van der Waals surface area (Å²) in [6, 6.07) is -0.0171. The van der Waals surface area contributed by atoms with Gasteiger partial charge in [-0.15, -0.1) is 4.72 Å². The fraction of sp³-hybridized carbons (Fsp3) is 0.923. The van der Waals surface area contributed by atoms with E-state index < -0.39 is 11.4 Å². The van der Waals surface area contributed by atoms with Gasteiger partial charge in [0.2, 0.25) is 0 Å². The summed E-state index contributed by atoms with van der Waals surface area (Å²) in [6.45, 7) is 10.0. The fourth-order valence-electron chi connectivity index (χ4n) is 1.93. The molecule has 0 saturated carbocycles. The van der Waals surface area contributed by atoms with Crippen molar-refractivity contribution in [1.29, 1.82) is 0 Å². The second-order valence-electron chi connectivity index (χ2n) is 6.30. The fourth-order valence-corrected chi connectivity index (χ4v) is 2.80. The van der Waals surface area contributed by atoms with Gasteiger partial charge in [0.05, 0.1) is 6.04 Å². The van der Waals surface area contributed by atoms with Crippen LogP contribution in [0, 0.1) is 5.92 Å². The maximum absolute atomic E-state index is 12.2. The van der Waals surface area contributed by atoms with Gasteiger partial charge in [-0.05, 0) is 39.5 Å². The lowest BCUT2D eigenvalue weighted by Gasteiger charge is -2.30. The van der Waals surface area contributed by atoms with Crippen LogP contribution >= 0.6 is 0 Å². The topological polar surface area (TPSA) is 61.4 Å². The van der Waals surface area contributed by atoms with Crippen molar-refractivity contribution in [3.8, 4) is 0 Å². The van der Waals surface area contributed by atoms with Crippen LogP contribution < -0.4 is 4.72 Å². The first-order valence-electron chi connectivity index (χ1n) is 6.57. The van der Waals surface area contributed by atoms with E-state index in [9.17, 15) is 9.35 Å². The summed E-state index contributed by atoms with van der Waals surface area (Å²) in [5, 5.41) is 0. The molecular weight excluding hydrogens is 250 g/mol. The Bertz CT molecular complexity index is 288. The number of cyclic esters (lactones) is 1. The van der Waals surface area contributed by atoms with Gasteiger partial charge in [0.25, 0.3) is 0 Å². The van der Waals surface area contributed by atoms with E-state index in [1.807, 2.05) is 20.8 Å². The first-order chi connectivity index (χ1) is 8.20. The van der Waals surface area contributed by atoms with Gasteiger partial charge in [-0.2, -0.15) is 0 Å². The van der Waals surface area contributed by atoms with Crippen molar-refractivity contribution in [3.63, 3.8) is 0 Å². The summed E-state index contributed by atoms with van der Waals surface area (Å²) >= 11 is -1.13. The molecule has 5 heteroatoms. The number of nitrogens with one attached hydrogen (secondary N) is 1. The van der Waals surface area contributed by atoms with Gasteiger partial charge in [0.15, 0.2) is 0 Å². The van der Waals surface area contributed by atoms with Crippen LogP contribution in [-0.4, -0.2) is 27.4 Å². The van der Waals surface area contributed by atoms with E-state index in [4.69, 9.17) is 4.74 Å². The minimum absolute atomic E-state index is 0.0171. The summed E-state index contributed by atoms with van der Waals surface area (Å²) in [5.41, 5.74) is 0. The maximum Gasteiger partial charge on any atom is 0.306 e. The van der Waals surface area contributed by atoms with Crippen molar-refractivity contribution in [2.75, 3.05) is 0 Å². The van der Waals surface area contributed by atoms with Crippen LogP contribution in [0.1, 0.15) is 53.9 Å². The van der Waals surface area contributed by atoms with Crippen LogP contribution in [0.4, 0.5) is 0 Å². The molecule has 18 heavy (non-hydrogen) atoms. The van der Waals surface area contributed by atoms with Crippen LogP contribution in [-0.2, 0) is 20.9 Å². The van der Waals surface area contributed by atoms with Gasteiger partial charge in [-0.1, -0.05) is 13.8 Å². The molecule has 0 aromatic heterocycles. The Labute approximate surface area is 113 Å². The summed E-state index contributed by atoms with van der Waals surface area (Å²) in [5.74, 6) is 0.330. The number of esters is 1. The zero-order chi connectivity index (χ0) is 13.9. The molecule has 4 nitrogen and oxygen atoms in total. The lowest BCUT2D eigenvalue weighted by atomic mass is 9.98. The lowest BCUT2D eigenvalue weighted by molar-refractivity contribution is -0.142. The molecule has 0 unspecified atom stereocenters. The molecule has 0 bridgehead atoms. The Morgan fingerprint density at radius 3 is 2.50 bits per heavy atom. The number of hydrogen-bond donors (Lipinski definition) is 1. The molecule has 1 N–H and O–H groups in total. The number of carbonyl (C=O) groups is 1. The van der Waals surface area contributed by atoms with Gasteiger partial charge in [-0.3, -0.25) is 4.79 Å². The molecule has 1 aliphatic heterocycles. The van der Waals surface area contributed by atoms with Crippen LogP contribution in [0.2, 0.25) is 0 Å². The Hall–Kier alpha value is -0.260. The SMILES string of the molecule is CC(C)C[C@@H](N[S@@+]([O-])C(C)(C)C)[C@@H]1CCC(=O)O1. The second kappa shape index (κ2) is 6.26. The summed E-state index contributed by atoms with van der Waals surface area (Å²) < 4.78 is 20.3. The van der Waals surface area contributed by atoms with Crippen LogP contribution in [0.25, 0.3) is 0 Å². The van der Waals surface area contributed by atoms with Crippen molar-refractivity contribution in [2.45, 2.75) is 70.8 Å². The Morgan fingerprint density at radius 2 is 2.11 bits per heavy atom. The zero-order valence-corrected chi connectivity index (χ0v) is 12.8. The van der Waals surface area contributed by atoms with E-state index in [0.717, 1.165) is 12.8 Å². The highest BCUT2D eigenvalue weighted by Gasteiger charge is 2.37. The van der Waals surface area contributed by atoms with Crippen molar-refractivity contribution in [2.24, 2.45) is 5.92 Å². The van der Waals surface area contributed by atoms with E-state index >= 15 is 0 Å². The molecule has 1 saturated heterocycles. The van der Waals surface area contributed by atoms with E-state index in [1.165, 1.54) is 0 Å². The zero-order valence-electron chi connectivity index (χ0n) is 12.0. The molecule has 0 aromatic carbocycles. The smallest absolute Gasteiger partial charge is 0.306 e. The molecule has 106 valence electrons. The molecule has 0 aliphatic carbocycles. The minimum Gasteiger partial charge on any atom is -0.598 e. The normalized spacial score (nSPS) is 24.2. The number of carbonyl (C=O) groups excluding carboxylic acids is 1. The van der Waals surface area contributed by atoms with Crippen LogP contribution in [0.5, 0.6) is 0 Å². The van der Waals surface area contributed by atoms with Crippen LogP contribution in [0.15, 0.2) is 0 Å². The molecule has 0 amide bonds. The predicted molar refractivity (Wildman–Crippen MR) is 73.4 cm³/mol. The molecule has 1 rings (SSSR count). The standard InChI is InChI=1S/C13H25NO3S/c1-9(2)8-10(11-6-7-12(15)17-11)14-18(16)13(3,4)5/h9-11,14H,6-8H2,1-5H3/t10-,11+,18+/m1/s1. The van der Waals surface area contributed by atoms with Crippen molar-refractivity contribution < 1.29 is 14.1 Å². The summed E-state index contributed by atoms with van der Waals surface area (Å²) in [4.78, 5) is 11.2. The number of hydrogen-bond acceptors (Lipinski definition) is 4.